The van der Waals surface area contributed by atoms with E-state index in [1.165, 1.54) is 25.7 Å². The molecule has 13 heteroatoms. The Balaban J connectivity index is 2.41. The van der Waals surface area contributed by atoms with Crippen LogP contribution in [0.2, 0.25) is 0 Å². The molecule has 1 heterocycles. The topological polar surface area (TPSA) is 178 Å². The van der Waals surface area contributed by atoms with Crippen molar-refractivity contribution in [3.8, 4) is 0 Å². The molecule has 318 valence electrons. The number of allylic oxidation sites excluding steroid dienone is 10. The molecular formula is C42H72O12S. The standard InChI is InChI=1S/C42H72O12S/c1-3-5-7-9-11-12-13-14-15-16-17-18-19-20-21-22-23-24-25-27-29-31-38(44)52-36(34-50-32-30-28-26-10-8-6-4-2)35-51-42-40(46)41(54-55(47,48)49)39(45)37(33-43)53-42/h5,7,11-12,14-15,17-18,20-21,36-37,39-43,45-46H,3-4,6,8-10,13,16,19,22-35H2,1-2H3,(H,47,48,49)/b7-5-,12-11-,15-14-,18-17-,21-20-. The maximum absolute atomic E-state index is 12.8. The van der Waals surface area contributed by atoms with Gasteiger partial charge in [0.15, 0.2) is 6.29 Å². The van der Waals surface area contributed by atoms with E-state index in [1.807, 2.05) is 0 Å². The lowest BCUT2D eigenvalue weighted by molar-refractivity contribution is -0.301. The average Bonchev–Trinajstić information content (AvgIpc) is 3.15. The van der Waals surface area contributed by atoms with Gasteiger partial charge in [-0.1, -0.05) is 132 Å². The minimum absolute atomic E-state index is 0.0250. The van der Waals surface area contributed by atoms with Gasteiger partial charge in [0.1, 0.15) is 30.5 Å². The molecule has 4 N–H and O–H groups in total. The highest BCUT2D eigenvalue weighted by Gasteiger charge is 2.48. The van der Waals surface area contributed by atoms with E-state index in [-0.39, 0.29) is 19.6 Å². The largest absolute Gasteiger partial charge is 0.457 e. The van der Waals surface area contributed by atoms with Crippen molar-refractivity contribution >= 4 is 16.4 Å². The number of hydrogen-bond acceptors (Lipinski definition) is 11. The van der Waals surface area contributed by atoms with Crippen LogP contribution >= 0.6 is 0 Å². The molecule has 0 bridgehead atoms. The fraction of sp³-hybridized carbons (Fsp3) is 0.738. The number of carbonyl (C=O) groups excluding carboxylic acids is 1. The van der Waals surface area contributed by atoms with E-state index in [2.05, 4.69) is 78.8 Å². The summed E-state index contributed by atoms with van der Waals surface area (Å²) < 4.78 is 58.7. The van der Waals surface area contributed by atoms with E-state index < -0.39 is 59.8 Å². The van der Waals surface area contributed by atoms with Crippen molar-refractivity contribution in [1.29, 1.82) is 0 Å². The van der Waals surface area contributed by atoms with E-state index in [0.717, 1.165) is 83.5 Å². The first-order valence-corrected chi connectivity index (χ1v) is 21.9. The summed E-state index contributed by atoms with van der Waals surface area (Å²) in [6, 6.07) is 0. The van der Waals surface area contributed by atoms with E-state index in [4.69, 9.17) is 23.5 Å². The van der Waals surface area contributed by atoms with Gasteiger partial charge in [-0.05, 0) is 57.8 Å². The highest BCUT2D eigenvalue weighted by atomic mass is 32.3. The van der Waals surface area contributed by atoms with Crippen LogP contribution in [0.4, 0.5) is 0 Å². The maximum atomic E-state index is 12.8. The second-order valence-electron chi connectivity index (χ2n) is 13.9. The van der Waals surface area contributed by atoms with Gasteiger partial charge in [-0.3, -0.25) is 9.35 Å². The first kappa shape index (κ1) is 50.8. The third kappa shape index (κ3) is 27.9. The Bertz CT molecular complexity index is 1200. The fourth-order valence-electron chi connectivity index (χ4n) is 5.81. The zero-order chi connectivity index (χ0) is 40.4. The van der Waals surface area contributed by atoms with Crippen molar-refractivity contribution < 1.29 is 56.2 Å². The molecule has 0 aromatic rings. The van der Waals surface area contributed by atoms with Crippen LogP contribution in [-0.2, 0) is 38.3 Å². The molecule has 6 unspecified atom stereocenters. The Morgan fingerprint density at radius 2 is 1.25 bits per heavy atom. The molecule has 12 nitrogen and oxygen atoms in total. The van der Waals surface area contributed by atoms with Gasteiger partial charge in [-0.2, -0.15) is 8.42 Å². The molecule has 1 aliphatic heterocycles. The summed E-state index contributed by atoms with van der Waals surface area (Å²) >= 11 is 0. The highest BCUT2D eigenvalue weighted by molar-refractivity contribution is 7.80. The number of aliphatic hydroxyl groups is 3. The number of esters is 1. The second-order valence-corrected chi connectivity index (χ2v) is 14.9. The lowest BCUT2D eigenvalue weighted by Crippen LogP contribution is -2.60. The number of hydrogen-bond donors (Lipinski definition) is 4. The first-order chi connectivity index (χ1) is 26.6. The van der Waals surface area contributed by atoms with Crippen LogP contribution in [0.1, 0.15) is 136 Å². The number of aliphatic hydroxyl groups excluding tert-OH is 3. The van der Waals surface area contributed by atoms with Crippen LogP contribution in [-0.4, -0.2) is 97.5 Å². The Morgan fingerprint density at radius 1 is 0.709 bits per heavy atom. The molecule has 0 amide bonds. The Morgan fingerprint density at radius 3 is 1.84 bits per heavy atom. The van der Waals surface area contributed by atoms with Crippen LogP contribution in [0.3, 0.4) is 0 Å². The zero-order valence-electron chi connectivity index (χ0n) is 33.5. The minimum Gasteiger partial charge on any atom is -0.457 e. The minimum atomic E-state index is -5.06. The van der Waals surface area contributed by atoms with Crippen LogP contribution < -0.4 is 0 Å². The molecule has 0 radical (unpaired) electrons. The lowest BCUT2D eigenvalue weighted by Gasteiger charge is -2.41. The summed E-state index contributed by atoms with van der Waals surface area (Å²) in [5.41, 5.74) is 0. The van der Waals surface area contributed by atoms with Crippen LogP contribution in [0.5, 0.6) is 0 Å². The maximum Gasteiger partial charge on any atom is 0.397 e. The summed E-state index contributed by atoms with van der Waals surface area (Å²) in [7, 11) is -5.06. The molecule has 1 rings (SSSR count). The van der Waals surface area contributed by atoms with Gasteiger partial charge in [0.05, 0.1) is 19.8 Å². The number of unbranched alkanes of at least 4 members (excludes halogenated alkanes) is 11. The number of carbonyl (C=O) groups is 1. The molecule has 0 spiro atoms. The van der Waals surface area contributed by atoms with E-state index in [9.17, 15) is 28.5 Å². The van der Waals surface area contributed by atoms with Gasteiger partial charge in [0.2, 0.25) is 0 Å². The van der Waals surface area contributed by atoms with Gasteiger partial charge in [0.25, 0.3) is 0 Å². The summed E-state index contributed by atoms with van der Waals surface area (Å²) in [6.45, 7) is 3.78. The van der Waals surface area contributed by atoms with Crippen molar-refractivity contribution in [2.24, 2.45) is 0 Å². The molecule has 1 saturated heterocycles. The Kier molecular flexibility index (Phi) is 31.3. The van der Waals surface area contributed by atoms with E-state index >= 15 is 0 Å². The zero-order valence-corrected chi connectivity index (χ0v) is 34.3. The third-order valence-electron chi connectivity index (χ3n) is 8.90. The van der Waals surface area contributed by atoms with Crippen LogP contribution in [0, 0.1) is 0 Å². The normalized spacial score (nSPS) is 21.6. The molecule has 1 aliphatic rings. The molecule has 0 aromatic heterocycles. The summed E-state index contributed by atoms with van der Waals surface area (Å²) in [5.74, 6) is -0.423. The smallest absolute Gasteiger partial charge is 0.397 e. The summed E-state index contributed by atoms with van der Waals surface area (Å²) in [5, 5.41) is 30.5. The lowest BCUT2D eigenvalue weighted by atomic mass is 9.99. The third-order valence-corrected chi connectivity index (χ3v) is 9.37. The predicted octanol–water partition coefficient (Wildman–Crippen LogP) is 7.79. The van der Waals surface area contributed by atoms with Crippen LogP contribution in [0.25, 0.3) is 0 Å². The van der Waals surface area contributed by atoms with Gasteiger partial charge in [-0.15, -0.1) is 0 Å². The molecule has 1 fully saturated rings. The molecule has 6 atom stereocenters. The average molecular weight is 801 g/mol. The Labute approximate surface area is 331 Å². The molecule has 55 heavy (non-hydrogen) atoms. The highest BCUT2D eigenvalue weighted by Crippen LogP contribution is 2.26. The van der Waals surface area contributed by atoms with Crippen LogP contribution in [0.15, 0.2) is 60.8 Å². The number of rotatable bonds is 34. The number of ether oxygens (including phenoxy) is 4. The molecule has 0 aromatic carbocycles. The van der Waals surface area contributed by atoms with Gasteiger partial charge < -0.3 is 34.3 Å². The quantitative estimate of drug-likeness (QED) is 0.0215. The van der Waals surface area contributed by atoms with Gasteiger partial charge in [0, 0.05) is 13.0 Å². The van der Waals surface area contributed by atoms with Crippen molar-refractivity contribution in [1.82, 2.24) is 0 Å². The summed E-state index contributed by atoms with van der Waals surface area (Å²) in [4.78, 5) is 12.8. The molecule has 0 saturated carbocycles. The van der Waals surface area contributed by atoms with Crippen molar-refractivity contribution in [2.45, 2.75) is 173 Å². The molecular weight excluding hydrogens is 729 g/mol. The summed E-state index contributed by atoms with van der Waals surface area (Å²) in [6.07, 6.45) is 31.4. The van der Waals surface area contributed by atoms with Crippen molar-refractivity contribution in [3.63, 3.8) is 0 Å². The van der Waals surface area contributed by atoms with Gasteiger partial charge >= 0.3 is 16.4 Å². The van der Waals surface area contributed by atoms with E-state index in [1.54, 1.807) is 0 Å². The predicted molar refractivity (Wildman–Crippen MR) is 216 cm³/mol. The van der Waals surface area contributed by atoms with Gasteiger partial charge in [-0.25, -0.2) is 4.18 Å². The monoisotopic (exact) mass is 800 g/mol. The van der Waals surface area contributed by atoms with E-state index in [0.29, 0.717) is 13.0 Å². The first-order valence-electron chi connectivity index (χ1n) is 20.5. The van der Waals surface area contributed by atoms with Crippen molar-refractivity contribution in [3.05, 3.63) is 60.8 Å². The second kappa shape index (κ2) is 33.9. The SMILES string of the molecule is CC/C=C\C/C=C\C/C=C\C/C=C\C/C=C\CCCCCCCC(=O)OC(COCCCCCCCCC)COC1OC(CO)C(O)C(OS(=O)(=O)O)C1O. The Hall–Kier alpha value is -2.20. The fourth-order valence-corrected chi connectivity index (χ4v) is 6.32. The van der Waals surface area contributed by atoms with Crippen molar-refractivity contribution in [2.75, 3.05) is 26.4 Å². The molecule has 0 aliphatic carbocycles.